The van der Waals surface area contributed by atoms with Crippen LogP contribution in [0.2, 0.25) is 0 Å². The molecule has 0 unspecified atom stereocenters. The van der Waals surface area contributed by atoms with E-state index in [-0.39, 0.29) is 0 Å². The summed E-state index contributed by atoms with van der Waals surface area (Å²) in [5, 5.41) is 3.51. The van der Waals surface area contributed by atoms with Crippen molar-refractivity contribution in [3.63, 3.8) is 0 Å². The fourth-order valence-electron chi connectivity index (χ4n) is 3.18. The van der Waals surface area contributed by atoms with E-state index < -0.39 is 0 Å². The van der Waals surface area contributed by atoms with E-state index in [1.54, 1.807) is 22.3 Å². The standard InChI is InChI=1S/C14H18BN/c1-9(15)16-14-12-6-2-4-10(12)8-11-5-3-7-13(11)14/h8,16H,1-7,15H2. The molecule has 0 saturated heterocycles. The lowest BCUT2D eigenvalue weighted by molar-refractivity contribution is 0.898. The summed E-state index contributed by atoms with van der Waals surface area (Å²) >= 11 is 0. The number of anilines is 1. The molecule has 1 aromatic carbocycles. The molecular formula is C14H18BN. The minimum Gasteiger partial charge on any atom is -0.368 e. The van der Waals surface area contributed by atoms with Crippen LogP contribution in [-0.2, 0) is 25.7 Å². The average molecular weight is 211 g/mol. The van der Waals surface area contributed by atoms with Crippen LogP contribution in [0.15, 0.2) is 18.2 Å². The van der Waals surface area contributed by atoms with Crippen molar-refractivity contribution in [3.05, 3.63) is 40.5 Å². The molecule has 0 bridgehead atoms. The van der Waals surface area contributed by atoms with Crippen LogP contribution in [-0.4, -0.2) is 7.85 Å². The van der Waals surface area contributed by atoms with Gasteiger partial charge < -0.3 is 5.32 Å². The van der Waals surface area contributed by atoms with E-state index in [0.29, 0.717) is 0 Å². The van der Waals surface area contributed by atoms with Crippen LogP contribution in [0.25, 0.3) is 0 Å². The number of benzene rings is 1. The van der Waals surface area contributed by atoms with Gasteiger partial charge in [-0.2, -0.15) is 0 Å². The molecule has 1 aromatic rings. The average Bonchev–Trinajstić information content (AvgIpc) is 2.83. The fraction of sp³-hybridized carbons (Fsp3) is 0.429. The first-order valence-electron chi connectivity index (χ1n) is 6.35. The Morgan fingerprint density at radius 3 is 2.12 bits per heavy atom. The Morgan fingerprint density at radius 2 is 1.62 bits per heavy atom. The second-order valence-electron chi connectivity index (χ2n) is 5.14. The molecule has 1 N–H and O–H groups in total. The zero-order chi connectivity index (χ0) is 11.1. The molecule has 0 spiro atoms. The van der Waals surface area contributed by atoms with Gasteiger partial charge in [0.15, 0.2) is 7.85 Å². The Hall–Kier alpha value is -1.18. The maximum absolute atomic E-state index is 3.99. The van der Waals surface area contributed by atoms with Crippen LogP contribution < -0.4 is 5.32 Å². The Labute approximate surface area is 98.4 Å². The lowest BCUT2D eigenvalue weighted by Crippen LogP contribution is -2.05. The summed E-state index contributed by atoms with van der Waals surface area (Å²) in [5.74, 6) is 0. The maximum atomic E-state index is 3.99. The Kier molecular flexibility index (Phi) is 2.31. The number of fused-ring (bicyclic) bond motifs is 2. The van der Waals surface area contributed by atoms with E-state index in [2.05, 4.69) is 25.8 Å². The van der Waals surface area contributed by atoms with Gasteiger partial charge in [0.2, 0.25) is 0 Å². The first-order valence-corrected chi connectivity index (χ1v) is 6.35. The maximum Gasteiger partial charge on any atom is 0.159 e. The summed E-state index contributed by atoms with van der Waals surface area (Å²) < 4.78 is 0. The number of rotatable bonds is 2. The zero-order valence-electron chi connectivity index (χ0n) is 10.0. The SMILES string of the molecule is BC(=C)Nc1c2c(cc3c1CCC3)CCC2. The van der Waals surface area contributed by atoms with E-state index in [4.69, 9.17) is 0 Å². The largest absolute Gasteiger partial charge is 0.368 e. The Morgan fingerprint density at radius 1 is 1.06 bits per heavy atom. The van der Waals surface area contributed by atoms with Gasteiger partial charge in [-0.1, -0.05) is 12.6 Å². The highest BCUT2D eigenvalue weighted by Crippen LogP contribution is 2.38. The summed E-state index contributed by atoms with van der Waals surface area (Å²) in [7, 11) is 2.05. The molecule has 0 atom stereocenters. The predicted molar refractivity (Wildman–Crippen MR) is 71.8 cm³/mol. The molecule has 0 aliphatic heterocycles. The molecule has 0 saturated carbocycles. The molecule has 0 radical (unpaired) electrons. The molecule has 0 fully saturated rings. The van der Waals surface area contributed by atoms with Crippen LogP contribution in [0.5, 0.6) is 0 Å². The van der Waals surface area contributed by atoms with Gasteiger partial charge in [-0.3, -0.25) is 0 Å². The Bertz CT molecular complexity index is 430. The van der Waals surface area contributed by atoms with Gasteiger partial charge >= 0.3 is 0 Å². The molecule has 0 heterocycles. The topological polar surface area (TPSA) is 12.0 Å². The van der Waals surface area contributed by atoms with Crippen molar-refractivity contribution in [3.8, 4) is 0 Å². The molecule has 16 heavy (non-hydrogen) atoms. The van der Waals surface area contributed by atoms with E-state index in [1.807, 2.05) is 0 Å². The van der Waals surface area contributed by atoms with Crippen LogP contribution in [0, 0.1) is 0 Å². The highest BCUT2D eigenvalue weighted by atomic mass is 14.9. The molecule has 82 valence electrons. The van der Waals surface area contributed by atoms with Crippen molar-refractivity contribution in [2.75, 3.05) is 5.32 Å². The van der Waals surface area contributed by atoms with Crippen molar-refractivity contribution in [1.82, 2.24) is 0 Å². The lowest BCUT2D eigenvalue weighted by Gasteiger charge is -2.16. The van der Waals surface area contributed by atoms with E-state index in [9.17, 15) is 0 Å². The van der Waals surface area contributed by atoms with Gasteiger partial charge in [0, 0.05) is 5.69 Å². The molecule has 0 amide bonds. The minimum absolute atomic E-state index is 1.06. The van der Waals surface area contributed by atoms with Gasteiger partial charge in [0.25, 0.3) is 0 Å². The van der Waals surface area contributed by atoms with E-state index >= 15 is 0 Å². The van der Waals surface area contributed by atoms with Crippen LogP contribution in [0.4, 0.5) is 5.69 Å². The van der Waals surface area contributed by atoms with Gasteiger partial charge in [0.05, 0.1) is 0 Å². The summed E-state index contributed by atoms with van der Waals surface area (Å²) in [6.45, 7) is 3.99. The highest BCUT2D eigenvalue weighted by molar-refractivity contribution is 6.22. The molecular weight excluding hydrogens is 193 g/mol. The summed E-state index contributed by atoms with van der Waals surface area (Å²) in [6, 6.07) is 2.47. The van der Waals surface area contributed by atoms with Gasteiger partial charge in [-0.25, -0.2) is 0 Å². The lowest BCUT2D eigenvalue weighted by atomic mass is 9.97. The van der Waals surface area contributed by atoms with E-state index in [1.165, 1.54) is 44.2 Å². The summed E-state index contributed by atoms with van der Waals surface area (Å²) in [4.78, 5) is 0. The summed E-state index contributed by atoms with van der Waals surface area (Å²) in [6.07, 6.45) is 7.68. The fourth-order valence-corrected chi connectivity index (χ4v) is 3.18. The monoisotopic (exact) mass is 211 g/mol. The molecule has 1 nitrogen and oxygen atoms in total. The highest BCUT2D eigenvalue weighted by Gasteiger charge is 2.23. The summed E-state index contributed by atoms with van der Waals surface area (Å²) in [5.41, 5.74) is 8.80. The van der Waals surface area contributed by atoms with Gasteiger partial charge in [-0.05, 0) is 66.4 Å². The van der Waals surface area contributed by atoms with E-state index in [0.717, 1.165) is 5.60 Å². The van der Waals surface area contributed by atoms with Crippen molar-refractivity contribution in [2.24, 2.45) is 0 Å². The normalized spacial score (nSPS) is 17.0. The van der Waals surface area contributed by atoms with Gasteiger partial charge in [-0.15, -0.1) is 0 Å². The molecule has 3 rings (SSSR count). The number of nitrogens with one attached hydrogen (secondary N) is 1. The first-order chi connectivity index (χ1) is 7.75. The predicted octanol–water partition coefficient (Wildman–Crippen LogP) is 2.18. The van der Waals surface area contributed by atoms with Crippen molar-refractivity contribution >= 4 is 13.5 Å². The molecule has 2 aliphatic carbocycles. The number of hydrogen-bond donors (Lipinski definition) is 1. The van der Waals surface area contributed by atoms with Crippen LogP contribution in [0.1, 0.15) is 35.1 Å². The third kappa shape index (κ3) is 1.48. The molecule has 0 aromatic heterocycles. The van der Waals surface area contributed by atoms with Crippen molar-refractivity contribution in [2.45, 2.75) is 38.5 Å². The van der Waals surface area contributed by atoms with Crippen molar-refractivity contribution < 1.29 is 0 Å². The van der Waals surface area contributed by atoms with Crippen LogP contribution >= 0.6 is 0 Å². The third-order valence-electron chi connectivity index (χ3n) is 3.81. The minimum atomic E-state index is 1.06. The third-order valence-corrected chi connectivity index (χ3v) is 3.81. The Balaban J connectivity index is 2.15. The van der Waals surface area contributed by atoms with Crippen LogP contribution in [0.3, 0.4) is 0 Å². The quantitative estimate of drug-likeness (QED) is 0.739. The number of aryl methyl sites for hydroxylation is 2. The first kappa shape index (κ1) is 10.0. The second-order valence-corrected chi connectivity index (χ2v) is 5.14. The smallest absolute Gasteiger partial charge is 0.159 e. The van der Waals surface area contributed by atoms with Crippen molar-refractivity contribution in [1.29, 1.82) is 0 Å². The molecule has 2 heteroatoms. The number of hydrogen-bond acceptors (Lipinski definition) is 1. The second kappa shape index (κ2) is 3.69. The molecule has 2 aliphatic rings. The zero-order valence-corrected chi connectivity index (χ0v) is 10.0. The van der Waals surface area contributed by atoms with Gasteiger partial charge in [0.1, 0.15) is 0 Å².